The summed E-state index contributed by atoms with van der Waals surface area (Å²) in [4.78, 5) is 31.2. The van der Waals surface area contributed by atoms with Gasteiger partial charge < -0.3 is 9.88 Å². The van der Waals surface area contributed by atoms with Crippen LogP contribution in [0.4, 0.5) is 0 Å². The first kappa shape index (κ1) is 16.7. The van der Waals surface area contributed by atoms with Crippen LogP contribution in [0.1, 0.15) is 42.5 Å². The second-order valence-corrected chi connectivity index (χ2v) is 6.91. The first-order valence-corrected chi connectivity index (χ1v) is 9.20. The van der Waals surface area contributed by atoms with Gasteiger partial charge in [-0.1, -0.05) is 12.1 Å². The molecule has 0 radical (unpaired) electrons. The first-order valence-electron chi connectivity index (χ1n) is 9.20. The van der Waals surface area contributed by atoms with E-state index >= 15 is 0 Å². The topological polar surface area (TPSA) is 74.8 Å². The van der Waals surface area contributed by atoms with Crippen molar-refractivity contribution >= 4 is 16.9 Å². The Morgan fingerprint density at radius 1 is 1.27 bits per heavy atom. The van der Waals surface area contributed by atoms with Crippen molar-refractivity contribution < 1.29 is 4.79 Å². The summed E-state index contributed by atoms with van der Waals surface area (Å²) in [5.41, 5.74) is 3.02. The molecule has 0 unspecified atom stereocenters. The van der Waals surface area contributed by atoms with Crippen LogP contribution in [0.15, 0.2) is 36.5 Å². The third-order valence-corrected chi connectivity index (χ3v) is 5.00. The molecule has 134 valence electrons. The van der Waals surface area contributed by atoms with Crippen LogP contribution in [0.25, 0.3) is 11.0 Å². The number of imidazole rings is 1. The number of nitrogens with zero attached hydrogens (tertiary/aromatic N) is 4. The molecule has 4 rings (SSSR count). The smallest absolute Gasteiger partial charge is 0.223 e. The summed E-state index contributed by atoms with van der Waals surface area (Å²) in [5.74, 6) is 2.16. The highest BCUT2D eigenvalue weighted by atomic mass is 16.2. The molecule has 0 aliphatic carbocycles. The third-order valence-electron chi connectivity index (χ3n) is 5.00. The Morgan fingerprint density at radius 3 is 3.00 bits per heavy atom. The minimum atomic E-state index is 0.195. The minimum Gasteiger partial charge on any atom is -0.342 e. The van der Waals surface area contributed by atoms with E-state index in [-0.39, 0.29) is 5.91 Å². The van der Waals surface area contributed by atoms with E-state index < -0.39 is 0 Å². The van der Waals surface area contributed by atoms with Gasteiger partial charge in [0.15, 0.2) is 0 Å². The van der Waals surface area contributed by atoms with Gasteiger partial charge in [-0.3, -0.25) is 4.79 Å². The molecular formula is C20H23N5O. The SMILES string of the molecule is Cc1nccc([C@@H]2CCCN(C(=O)CCc3nc4ccccc4[nH]3)C2)n1. The van der Waals surface area contributed by atoms with Crippen LogP contribution in [-0.4, -0.2) is 43.8 Å². The number of fused-ring (bicyclic) bond motifs is 1. The van der Waals surface area contributed by atoms with Crippen molar-refractivity contribution in [3.05, 3.63) is 53.9 Å². The van der Waals surface area contributed by atoms with Crippen molar-refractivity contribution in [3.63, 3.8) is 0 Å². The summed E-state index contributed by atoms with van der Waals surface area (Å²) in [6.45, 7) is 3.48. The molecule has 1 aliphatic rings. The number of carbonyl (C=O) groups is 1. The van der Waals surface area contributed by atoms with Crippen LogP contribution < -0.4 is 0 Å². The van der Waals surface area contributed by atoms with Crippen LogP contribution in [0, 0.1) is 6.92 Å². The van der Waals surface area contributed by atoms with E-state index in [0.29, 0.717) is 18.8 Å². The summed E-state index contributed by atoms with van der Waals surface area (Å²) < 4.78 is 0. The Balaban J connectivity index is 1.38. The Bertz CT molecular complexity index is 886. The fraction of sp³-hybridized carbons (Fsp3) is 0.400. The van der Waals surface area contributed by atoms with Gasteiger partial charge in [0, 0.05) is 43.7 Å². The second kappa shape index (κ2) is 7.23. The number of benzene rings is 1. The zero-order valence-electron chi connectivity index (χ0n) is 15.0. The van der Waals surface area contributed by atoms with Gasteiger partial charge in [-0.05, 0) is 38.0 Å². The molecule has 3 aromatic rings. The van der Waals surface area contributed by atoms with E-state index in [1.54, 1.807) is 6.20 Å². The van der Waals surface area contributed by atoms with E-state index in [1.165, 1.54) is 0 Å². The van der Waals surface area contributed by atoms with E-state index in [9.17, 15) is 4.79 Å². The van der Waals surface area contributed by atoms with Gasteiger partial charge in [0.2, 0.25) is 5.91 Å². The Morgan fingerprint density at radius 2 is 2.15 bits per heavy atom. The molecule has 0 spiro atoms. The average Bonchev–Trinajstić information content (AvgIpc) is 3.09. The zero-order chi connectivity index (χ0) is 17.9. The van der Waals surface area contributed by atoms with Crippen LogP contribution in [0.2, 0.25) is 0 Å². The lowest BCUT2D eigenvalue weighted by molar-refractivity contribution is -0.132. The van der Waals surface area contributed by atoms with Crippen LogP contribution in [-0.2, 0) is 11.2 Å². The number of rotatable bonds is 4. The van der Waals surface area contributed by atoms with Gasteiger partial charge in [0.1, 0.15) is 11.6 Å². The van der Waals surface area contributed by atoms with Gasteiger partial charge in [0.05, 0.1) is 11.0 Å². The fourth-order valence-electron chi connectivity index (χ4n) is 3.65. The summed E-state index contributed by atoms with van der Waals surface area (Å²) in [6, 6.07) is 9.92. The molecule has 2 aromatic heterocycles. The Kier molecular flexibility index (Phi) is 4.65. The number of likely N-dealkylation sites (tertiary alicyclic amines) is 1. The van der Waals surface area contributed by atoms with Gasteiger partial charge in [-0.2, -0.15) is 0 Å². The predicted octanol–water partition coefficient (Wildman–Crippen LogP) is 3.00. The number of aromatic nitrogens is 4. The van der Waals surface area contributed by atoms with Crippen molar-refractivity contribution in [2.75, 3.05) is 13.1 Å². The molecule has 6 heteroatoms. The molecule has 6 nitrogen and oxygen atoms in total. The standard InChI is InChI=1S/C20H23N5O/c1-14-21-11-10-16(22-14)15-5-4-12-25(13-15)20(26)9-8-19-23-17-6-2-3-7-18(17)24-19/h2-3,6-7,10-11,15H,4-5,8-9,12-13H2,1H3,(H,23,24)/t15-/m1/s1. The summed E-state index contributed by atoms with van der Waals surface area (Å²) in [5, 5.41) is 0. The van der Waals surface area contributed by atoms with Gasteiger partial charge in [0.25, 0.3) is 0 Å². The van der Waals surface area contributed by atoms with E-state index in [1.807, 2.05) is 42.2 Å². The highest BCUT2D eigenvalue weighted by Crippen LogP contribution is 2.26. The number of H-pyrrole nitrogens is 1. The van der Waals surface area contributed by atoms with Crippen LogP contribution in [0.3, 0.4) is 0 Å². The number of aryl methyl sites for hydroxylation is 2. The van der Waals surface area contributed by atoms with Gasteiger partial charge in [-0.15, -0.1) is 0 Å². The highest BCUT2D eigenvalue weighted by Gasteiger charge is 2.25. The molecule has 3 heterocycles. The molecule has 26 heavy (non-hydrogen) atoms. The highest BCUT2D eigenvalue weighted by molar-refractivity contribution is 5.77. The Hall–Kier alpha value is -2.76. The van der Waals surface area contributed by atoms with Crippen molar-refractivity contribution in [3.8, 4) is 0 Å². The monoisotopic (exact) mass is 349 g/mol. The van der Waals surface area contributed by atoms with Gasteiger partial charge in [-0.25, -0.2) is 15.0 Å². The number of carbonyl (C=O) groups excluding carboxylic acids is 1. The molecule has 1 fully saturated rings. The maximum Gasteiger partial charge on any atom is 0.223 e. The second-order valence-electron chi connectivity index (χ2n) is 6.91. The quantitative estimate of drug-likeness (QED) is 0.786. The first-order chi connectivity index (χ1) is 12.7. The molecule has 1 atom stereocenters. The fourth-order valence-corrected chi connectivity index (χ4v) is 3.65. The lowest BCUT2D eigenvalue weighted by Gasteiger charge is -2.32. The van der Waals surface area contributed by atoms with Crippen molar-refractivity contribution in [1.82, 2.24) is 24.8 Å². The van der Waals surface area contributed by atoms with Crippen LogP contribution >= 0.6 is 0 Å². The lowest BCUT2D eigenvalue weighted by Crippen LogP contribution is -2.39. The van der Waals surface area contributed by atoms with Crippen LogP contribution in [0.5, 0.6) is 0 Å². The number of nitrogens with one attached hydrogen (secondary N) is 1. The molecule has 1 saturated heterocycles. The minimum absolute atomic E-state index is 0.195. The molecule has 1 amide bonds. The molecule has 1 aliphatic heterocycles. The van der Waals surface area contributed by atoms with E-state index in [4.69, 9.17) is 0 Å². The summed E-state index contributed by atoms with van der Waals surface area (Å²) in [6.07, 6.45) is 5.02. The summed E-state index contributed by atoms with van der Waals surface area (Å²) >= 11 is 0. The van der Waals surface area contributed by atoms with Crippen molar-refractivity contribution in [2.45, 2.75) is 38.5 Å². The number of hydrogen-bond acceptors (Lipinski definition) is 4. The normalized spacial score (nSPS) is 17.6. The van der Waals surface area contributed by atoms with E-state index in [2.05, 4.69) is 19.9 Å². The third kappa shape index (κ3) is 3.59. The average molecular weight is 349 g/mol. The number of piperidine rings is 1. The number of amides is 1. The zero-order valence-corrected chi connectivity index (χ0v) is 15.0. The van der Waals surface area contributed by atoms with Gasteiger partial charge >= 0.3 is 0 Å². The van der Waals surface area contributed by atoms with E-state index in [0.717, 1.165) is 54.3 Å². The predicted molar refractivity (Wildman–Crippen MR) is 99.7 cm³/mol. The molecule has 1 N–H and O–H groups in total. The Labute approximate surface area is 152 Å². The summed E-state index contributed by atoms with van der Waals surface area (Å²) in [7, 11) is 0. The maximum atomic E-state index is 12.7. The van der Waals surface area contributed by atoms with Crippen molar-refractivity contribution in [1.29, 1.82) is 0 Å². The number of para-hydroxylation sites is 2. The molecule has 1 aromatic carbocycles. The maximum absolute atomic E-state index is 12.7. The molecular weight excluding hydrogens is 326 g/mol. The molecule has 0 saturated carbocycles. The largest absolute Gasteiger partial charge is 0.342 e. The van der Waals surface area contributed by atoms with Crippen molar-refractivity contribution in [2.24, 2.45) is 0 Å². The number of hydrogen-bond donors (Lipinski definition) is 1. The lowest BCUT2D eigenvalue weighted by atomic mass is 9.94. The number of aromatic amines is 1. The molecule has 0 bridgehead atoms.